The van der Waals surface area contributed by atoms with E-state index < -0.39 is 10.0 Å². The van der Waals surface area contributed by atoms with Crippen molar-refractivity contribution in [1.82, 2.24) is 0 Å². The van der Waals surface area contributed by atoms with Crippen molar-refractivity contribution in [2.45, 2.75) is 25.2 Å². The fraction of sp³-hybridized carbons (Fsp3) is 0.167. The van der Waals surface area contributed by atoms with Crippen molar-refractivity contribution in [3.63, 3.8) is 0 Å². The minimum Gasteiger partial charge on any atom is -0.326 e. The van der Waals surface area contributed by atoms with Crippen LogP contribution < -0.4 is 14.9 Å². The van der Waals surface area contributed by atoms with E-state index in [1.807, 2.05) is 6.92 Å². The van der Waals surface area contributed by atoms with Crippen molar-refractivity contribution in [3.8, 4) is 0 Å². The van der Waals surface area contributed by atoms with Crippen LogP contribution in [0.3, 0.4) is 0 Å². The van der Waals surface area contributed by atoms with Gasteiger partial charge in [0.15, 0.2) is 0 Å². The second-order valence-corrected chi connectivity index (χ2v) is 9.40. The number of sulfonamides is 1. The van der Waals surface area contributed by atoms with Crippen LogP contribution in [-0.2, 0) is 26.0 Å². The first-order chi connectivity index (χ1) is 15.1. The topological polar surface area (TPSA) is 95.6 Å². The molecule has 0 saturated carbocycles. The molecular weight excluding hydrogens is 426 g/mol. The van der Waals surface area contributed by atoms with Crippen molar-refractivity contribution < 1.29 is 18.0 Å². The third-order valence-corrected chi connectivity index (χ3v) is 6.63. The molecule has 0 bridgehead atoms. The van der Waals surface area contributed by atoms with E-state index in [2.05, 4.69) is 10.6 Å². The second kappa shape index (κ2) is 9.65. The van der Waals surface area contributed by atoms with Gasteiger partial charge in [0.1, 0.15) is 0 Å². The third-order valence-electron chi connectivity index (χ3n) is 4.83. The molecule has 0 aliphatic carbocycles. The number of hydrogen-bond donors (Lipinski definition) is 2. The minimum atomic E-state index is -3.67. The molecule has 0 fully saturated rings. The number of hydrogen-bond acceptors (Lipinski definition) is 4. The Kier molecular flexibility index (Phi) is 6.95. The lowest BCUT2D eigenvalue weighted by Gasteiger charge is -2.20. The second-order valence-electron chi connectivity index (χ2n) is 7.44. The van der Waals surface area contributed by atoms with E-state index in [1.165, 1.54) is 18.3 Å². The zero-order valence-corrected chi connectivity index (χ0v) is 18.9. The molecule has 2 N–H and O–H groups in total. The number of aryl methyl sites for hydroxylation is 1. The van der Waals surface area contributed by atoms with Gasteiger partial charge in [0.25, 0.3) is 10.0 Å². The van der Waals surface area contributed by atoms with Crippen LogP contribution in [0.2, 0.25) is 0 Å². The van der Waals surface area contributed by atoms with Gasteiger partial charge in [-0.1, -0.05) is 29.8 Å². The summed E-state index contributed by atoms with van der Waals surface area (Å²) in [4.78, 5) is 23.6. The van der Waals surface area contributed by atoms with Crippen LogP contribution in [0.25, 0.3) is 0 Å². The average Bonchev–Trinajstić information content (AvgIpc) is 2.75. The number of amides is 2. The lowest BCUT2D eigenvalue weighted by atomic mass is 10.1. The Hall–Kier alpha value is -3.65. The highest BCUT2D eigenvalue weighted by molar-refractivity contribution is 7.92. The van der Waals surface area contributed by atoms with Crippen molar-refractivity contribution >= 4 is 38.9 Å². The molecule has 0 atom stereocenters. The van der Waals surface area contributed by atoms with Gasteiger partial charge in [0.2, 0.25) is 11.8 Å². The number of carbonyl (C=O) groups is 2. The monoisotopic (exact) mass is 451 g/mol. The van der Waals surface area contributed by atoms with Crippen LogP contribution in [0.1, 0.15) is 18.1 Å². The highest BCUT2D eigenvalue weighted by Gasteiger charge is 2.21. The molecule has 0 saturated heterocycles. The first-order valence-corrected chi connectivity index (χ1v) is 11.4. The zero-order valence-electron chi connectivity index (χ0n) is 18.1. The quantitative estimate of drug-likeness (QED) is 0.568. The van der Waals surface area contributed by atoms with Crippen molar-refractivity contribution in [2.75, 3.05) is 22.0 Å². The normalized spacial score (nSPS) is 11.0. The molecular formula is C24H25N3O4S. The first-order valence-electron chi connectivity index (χ1n) is 9.97. The summed E-state index contributed by atoms with van der Waals surface area (Å²) in [6.07, 6.45) is 0.141. The minimum absolute atomic E-state index is 0.141. The molecule has 0 unspecified atom stereocenters. The lowest BCUT2D eigenvalue weighted by Crippen LogP contribution is -2.26. The molecule has 0 heterocycles. The Morgan fingerprint density at radius 2 is 1.34 bits per heavy atom. The van der Waals surface area contributed by atoms with Gasteiger partial charge in [-0.05, 0) is 61.0 Å². The number of nitrogens with one attached hydrogen (secondary N) is 2. The number of anilines is 3. The van der Waals surface area contributed by atoms with Gasteiger partial charge >= 0.3 is 0 Å². The Balaban J connectivity index is 1.63. The molecule has 0 aromatic heterocycles. The molecule has 0 spiro atoms. The largest absolute Gasteiger partial charge is 0.326 e. The molecule has 32 heavy (non-hydrogen) atoms. The lowest BCUT2D eigenvalue weighted by molar-refractivity contribution is -0.116. The number of carbonyl (C=O) groups excluding carboxylic acids is 2. The first kappa shape index (κ1) is 23.0. The predicted molar refractivity (Wildman–Crippen MR) is 126 cm³/mol. The maximum atomic E-state index is 12.8. The molecule has 8 heteroatoms. The maximum absolute atomic E-state index is 12.8. The summed E-state index contributed by atoms with van der Waals surface area (Å²) in [5.74, 6) is -0.367. The smallest absolute Gasteiger partial charge is 0.264 e. The Labute approximate surface area is 188 Å². The fourth-order valence-electron chi connectivity index (χ4n) is 3.06. The summed E-state index contributed by atoms with van der Waals surface area (Å²) in [6, 6.07) is 20.3. The number of benzene rings is 3. The summed E-state index contributed by atoms with van der Waals surface area (Å²) >= 11 is 0. The highest BCUT2D eigenvalue weighted by Crippen LogP contribution is 2.23. The predicted octanol–water partition coefficient (Wildman–Crippen LogP) is 3.96. The molecule has 0 aliphatic rings. The van der Waals surface area contributed by atoms with E-state index in [0.29, 0.717) is 17.1 Å². The van der Waals surface area contributed by atoms with E-state index in [0.717, 1.165) is 11.1 Å². The van der Waals surface area contributed by atoms with Crippen LogP contribution >= 0.6 is 0 Å². The maximum Gasteiger partial charge on any atom is 0.264 e. The summed E-state index contributed by atoms with van der Waals surface area (Å²) in [5, 5.41) is 5.47. The highest BCUT2D eigenvalue weighted by atomic mass is 32.2. The molecule has 7 nitrogen and oxygen atoms in total. The standard InChI is InChI=1S/C24H25N3O4S/c1-17-4-14-23(15-5-17)32(30,31)27(3)22-12-6-19(7-13-22)16-24(29)26-21-10-8-20(9-11-21)25-18(2)28/h4-15H,16H2,1-3H3,(H,25,28)(H,26,29). The molecule has 3 rings (SSSR count). The van der Waals surface area contributed by atoms with E-state index in [1.54, 1.807) is 72.8 Å². The van der Waals surface area contributed by atoms with Gasteiger partial charge in [-0.3, -0.25) is 13.9 Å². The van der Waals surface area contributed by atoms with Crippen LogP contribution in [-0.4, -0.2) is 27.3 Å². The SMILES string of the molecule is CC(=O)Nc1ccc(NC(=O)Cc2ccc(N(C)S(=O)(=O)c3ccc(C)cc3)cc2)cc1. The van der Waals surface area contributed by atoms with Gasteiger partial charge in [-0.15, -0.1) is 0 Å². The van der Waals surface area contributed by atoms with Crippen LogP contribution in [0, 0.1) is 6.92 Å². The Bertz CT molecular complexity index is 1200. The Morgan fingerprint density at radius 1 is 0.812 bits per heavy atom. The van der Waals surface area contributed by atoms with Crippen LogP contribution in [0.5, 0.6) is 0 Å². The third kappa shape index (κ3) is 5.73. The van der Waals surface area contributed by atoms with E-state index in [4.69, 9.17) is 0 Å². The average molecular weight is 452 g/mol. The van der Waals surface area contributed by atoms with E-state index in [9.17, 15) is 18.0 Å². The van der Waals surface area contributed by atoms with Gasteiger partial charge in [-0.25, -0.2) is 8.42 Å². The molecule has 2 amide bonds. The summed E-state index contributed by atoms with van der Waals surface area (Å²) in [5.41, 5.74) is 3.50. The van der Waals surface area contributed by atoms with Crippen molar-refractivity contribution in [1.29, 1.82) is 0 Å². The molecule has 3 aromatic rings. The fourth-order valence-corrected chi connectivity index (χ4v) is 4.26. The van der Waals surface area contributed by atoms with E-state index in [-0.39, 0.29) is 23.1 Å². The molecule has 0 aliphatic heterocycles. The van der Waals surface area contributed by atoms with Gasteiger partial charge < -0.3 is 10.6 Å². The van der Waals surface area contributed by atoms with E-state index >= 15 is 0 Å². The van der Waals surface area contributed by atoms with Gasteiger partial charge in [0.05, 0.1) is 17.0 Å². The number of rotatable bonds is 7. The van der Waals surface area contributed by atoms with Crippen LogP contribution in [0.4, 0.5) is 17.1 Å². The summed E-state index contributed by atoms with van der Waals surface area (Å²) in [6.45, 7) is 3.33. The molecule has 166 valence electrons. The molecule has 0 radical (unpaired) electrons. The summed E-state index contributed by atoms with van der Waals surface area (Å²) in [7, 11) is -2.17. The zero-order chi connectivity index (χ0) is 23.3. The number of nitrogens with zero attached hydrogens (tertiary/aromatic N) is 1. The van der Waals surface area contributed by atoms with Crippen molar-refractivity contribution in [2.24, 2.45) is 0 Å². The summed E-state index contributed by atoms with van der Waals surface area (Å²) < 4.78 is 26.9. The van der Waals surface area contributed by atoms with Gasteiger partial charge in [-0.2, -0.15) is 0 Å². The molecule has 3 aromatic carbocycles. The van der Waals surface area contributed by atoms with Crippen LogP contribution in [0.15, 0.2) is 77.7 Å². The van der Waals surface area contributed by atoms with Gasteiger partial charge in [0, 0.05) is 25.3 Å². The van der Waals surface area contributed by atoms with Crippen molar-refractivity contribution in [3.05, 3.63) is 83.9 Å². The Morgan fingerprint density at radius 3 is 1.88 bits per heavy atom.